The summed E-state index contributed by atoms with van der Waals surface area (Å²) in [6, 6.07) is 0.248. The fraction of sp³-hybridized carbons (Fsp3) is 0.700. The fourth-order valence-corrected chi connectivity index (χ4v) is 1.62. The number of hydrogen-bond donors (Lipinski definition) is 5. The molecule has 0 radical (unpaired) electrons. The molecule has 114 valence electrons. The summed E-state index contributed by atoms with van der Waals surface area (Å²) in [7, 11) is -4.17. The van der Waals surface area contributed by atoms with Crippen LogP contribution >= 0.6 is 7.60 Å². The summed E-state index contributed by atoms with van der Waals surface area (Å²) in [4.78, 5) is 30.0. The van der Waals surface area contributed by atoms with Gasteiger partial charge in [-0.1, -0.05) is 0 Å². The van der Waals surface area contributed by atoms with Crippen LogP contribution in [0.15, 0.2) is 0 Å². The molecule has 0 fully saturated rings. The number of anilines is 3. The van der Waals surface area contributed by atoms with Crippen molar-refractivity contribution in [3.8, 4) is 0 Å². The average molecular weight is 304 g/mol. The minimum absolute atomic E-state index is 0.106. The van der Waals surface area contributed by atoms with Crippen molar-refractivity contribution in [2.24, 2.45) is 0 Å². The Labute approximate surface area is 117 Å². The monoisotopic (exact) mass is 304 g/mol. The first kappa shape index (κ1) is 16.6. The number of nitrogens with one attached hydrogen (secondary N) is 3. The smallest absolute Gasteiger partial charge is 0.344 e. The van der Waals surface area contributed by atoms with Crippen molar-refractivity contribution in [3.63, 3.8) is 0 Å². The van der Waals surface area contributed by atoms with Gasteiger partial charge in [-0.25, -0.2) is 0 Å². The lowest BCUT2D eigenvalue weighted by molar-refractivity contribution is 0.375. The second-order valence-corrected chi connectivity index (χ2v) is 6.55. The zero-order valence-corrected chi connectivity index (χ0v) is 12.8. The van der Waals surface area contributed by atoms with Gasteiger partial charge in [0.25, 0.3) is 0 Å². The molecule has 1 aromatic rings. The Morgan fingerprint density at radius 3 is 1.70 bits per heavy atom. The molecule has 1 rings (SSSR count). The maximum atomic E-state index is 10.9. The molecule has 20 heavy (non-hydrogen) atoms. The van der Waals surface area contributed by atoms with E-state index in [4.69, 9.17) is 9.79 Å². The maximum Gasteiger partial charge on any atom is 0.344 e. The van der Waals surface area contributed by atoms with Gasteiger partial charge >= 0.3 is 7.60 Å². The van der Waals surface area contributed by atoms with Gasteiger partial charge in [0.05, 0.1) is 0 Å². The summed E-state index contributed by atoms with van der Waals surface area (Å²) in [5, 5.41) is 8.55. The minimum atomic E-state index is -4.17. The van der Waals surface area contributed by atoms with E-state index in [1.54, 1.807) is 0 Å². The van der Waals surface area contributed by atoms with E-state index in [2.05, 4.69) is 30.9 Å². The molecule has 0 unspecified atom stereocenters. The molecule has 0 saturated heterocycles. The van der Waals surface area contributed by atoms with Crippen LogP contribution in [0.5, 0.6) is 0 Å². The van der Waals surface area contributed by atoms with Crippen LogP contribution in [0.3, 0.4) is 0 Å². The largest absolute Gasteiger partial charge is 0.352 e. The first-order valence-corrected chi connectivity index (χ1v) is 8.03. The summed E-state index contributed by atoms with van der Waals surface area (Å²) < 4.78 is 10.9. The highest BCUT2D eigenvalue weighted by atomic mass is 31.2. The van der Waals surface area contributed by atoms with Crippen LogP contribution in [-0.4, -0.2) is 43.1 Å². The highest BCUT2D eigenvalue weighted by Gasteiger charge is 2.14. The van der Waals surface area contributed by atoms with Gasteiger partial charge in [-0.05, 0) is 27.7 Å². The SMILES string of the molecule is CC(C)Nc1nc(NCP(=O)(O)O)nc(NC(C)C)n1. The van der Waals surface area contributed by atoms with Crippen molar-refractivity contribution >= 4 is 25.4 Å². The third kappa shape index (κ3) is 6.65. The van der Waals surface area contributed by atoms with Gasteiger partial charge in [0.15, 0.2) is 0 Å². The molecule has 0 saturated carbocycles. The summed E-state index contributed by atoms with van der Waals surface area (Å²) in [5.41, 5.74) is 0. The normalized spacial score (nSPS) is 11.8. The lowest BCUT2D eigenvalue weighted by atomic mass is 10.4. The van der Waals surface area contributed by atoms with Crippen LogP contribution in [0, 0.1) is 0 Å². The summed E-state index contributed by atoms with van der Waals surface area (Å²) in [6.07, 6.45) is -0.529. The predicted molar refractivity (Wildman–Crippen MR) is 77.9 cm³/mol. The Kier molecular flexibility index (Phi) is 5.67. The van der Waals surface area contributed by atoms with E-state index in [-0.39, 0.29) is 18.0 Å². The Morgan fingerprint density at radius 1 is 0.950 bits per heavy atom. The second kappa shape index (κ2) is 6.83. The third-order valence-corrected chi connectivity index (χ3v) is 2.48. The third-order valence-electron chi connectivity index (χ3n) is 1.91. The predicted octanol–water partition coefficient (Wildman–Crippen LogP) is 1.06. The average Bonchev–Trinajstić information content (AvgIpc) is 2.23. The van der Waals surface area contributed by atoms with Crippen LogP contribution in [0.25, 0.3) is 0 Å². The highest BCUT2D eigenvalue weighted by molar-refractivity contribution is 7.51. The number of rotatable bonds is 7. The molecule has 0 aliphatic rings. The van der Waals surface area contributed by atoms with Crippen LogP contribution in [0.1, 0.15) is 27.7 Å². The fourth-order valence-electron chi connectivity index (χ4n) is 1.27. The zero-order chi connectivity index (χ0) is 15.3. The van der Waals surface area contributed by atoms with Gasteiger partial charge in [0, 0.05) is 12.1 Å². The Bertz CT molecular complexity index is 462. The van der Waals surface area contributed by atoms with E-state index in [9.17, 15) is 4.57 Å². The van der Waals surface area contributed by atoms with Crippen molar-refractivity contribution in [3.05, 3.63) is 0 Å². The van der Waals surface area contributed by atoms with Crippen molar-refractivity contribution in [1.82, 2.24) is 15.0 Å². The van der Waals surface area contributed by atoms with E-state index in [0.717, 1.165) is 0 Å². The Balaban J connectivity index is 2.93. The molecule has 9 nitrogen and oxygen atoms in total. The van der Waals surface area contributed by atoms with Gasteiger partial charge < -0.3 is 25.7 Å². The maximum absolute atomic E-state index is 10.9. The molecule has 0 aliphatic carbocycles. The molecular weight excluding hydrogens is 283 g/mol. The second-order valence-electron chi connectivity index (χ2n) is 4.90. The van der Waals surface area contributed by atoms with Crippen LogP contribution in [-0.2, 0) is 4.57 Å². The van der Waals surface area contributed by atoms with Gasteiger partial charge in [0.2, 0.25) is 17.8 Å². The summed E-state index contributed by atoms with van der Waals surface area (Å²) in [5.74, 6) is 0.785. The number of aromatic nitrogens is 3. The van der Waals surface area contributed by atoms with E-state index in [1.165, 1.54) is 0 Å². The standard InChI is InChI=1S/C10H21N6O3P/c1-6(2)12-9-14-8(11-5-20(17,18)19)15-10(16-9)13-7(3)4/h6-7H,5H2,1-4H3,(H2,17,18,19)(H3,11,12,13,14,15,16). The molecule has 0 aliphatic heterocycles. The minimum Gasteiger partial charge on any atom is -0.352 e. The molecule has 0 bridgehead atoms. The molecule has 1 heterocycles. The Hall–Kier alpha value is -1.44. The van der Waals surface area contributed by atoms with Crippen LogP contribution < -0.4 is 16.0 Å². The molecule has 0 aromatic carbocycles. The molecule has 0 atom stereocenters. The highest BCUT2D eigenvalue weighted by Crippen LogP contribution is 2.33. The van der Waals surface area contributed by atoms with Crippen molar-refractivity contribution in [1.29, 1.82) is 0 Å². The summed E-state index contributed by atoms with van der Waals surface area (Å²) >= 11 is 0. The molecule has 1 aromatic heterocycles. The summed E-state index contributed by atoms with van der Waals surface area (Å²) in [6.45, 7) is 7.73. The van der Waals surface area contributed by atoms with Crippen molar-refractivity contribution < 1.29 is 14.4 Å². The van der Waals surface area contributed by atoms with Crippen molar-refractivity contribution in [2.75, 3.05) is 22.2 Å². The topological polar surface area (TPSA) is 132 Å². The quantitative estimate of drug-likeness (QED) is 0.469. The zero-order valence-electron chi connectivity index (χ0n) is 12.0. The lowest BCUT2D eigenvalue weighted by Gasteiger charge is -2.14. The van der Waals surface area contributed by atoms with Gasteiger partial charge in [-0.15, -0.1) is 0 Å². The lowest BCUT2D eigenvalue weighted by Crippen LogP contribution is -2.18. The molecule has 0 amide bonds. The van der Waals surface area contributed by atoms with Crippen LogP contribution in [0.4, 0.5) is 17.8 Å². The van der Waals surface area contributed by atoms with Crippen molar-refractivity contribution in [2.45, 2.75) is 39.8 Å². The number of hydrogen-bond acceptors (Lipinski definition) is 7. The Morgan fingerprint density at radius 2 is 1.35 bits per heavy atom. The first-order valence-electron chi connectivity index (χ1n) is 6.23. The van der Waals surface area contributed by atoms with Gasteiger partial charge in [-0.2, -0.15) is 15.0 Å². The molecule has 0 spiro atoms. The van der Waals surface area contributed by atoms with Gasteiger partial charge in [-0.3, -0.25) is 4.57 Å². The first-order chi connectivity index (χ1) is 9.15. The van der Waals surface area contributed by atoms with E-state index >= 15 is 0 Å². The molecule has 10 heteroatoms. The molecular formula is C10H21N6O3P. The van der Waals surface area contributed by atoms with Gasteiger partial charge in [0.1, 0.15) is 6.29 Å². The van der Waals surface area contributed by atoms with E-state index in [0.29, 0.717) is 11.9 Å². The number of nitrogens with zero attached hydrogens (tertiary/aromatic N) is 3. The molecule has 5 N–H and O–H groups in total. The van der Waals surface area contributed by atoms with E-state index < -0.39 is 13.9 Å². The van der Waals surface area contributed by atoms with Crippen LogP contribution in [0.2, 0.25) is 0 Å². The van der Waals surface area contributed by atoms with E-state index in [1.807, 2.05) is 27.7 Å².